The van der Waals surface area contributed by atoms with Gasteiger partial charge in [-0.05, 0) is 26.2 Å². The molecule has 6 nitrogen and oxygen atoms in total. The van der Waals surface area contributed by atoms with Crippen molar-refractivity contribution in [2.75, 3.05) is 25.5 Å². The van der Waals surface area contributed by atoms with Gasteiger partial charge in [0.1, 0.15) is 6.54 Å². The fourth-order valence-corrected chi connectivity index (χ4v) is 2.98. The van der Waals surface area contributed by atoms with Gasteiger partial charge >= 0.3 is 6.09 Å². The molecule has 104 valence electrons. The molecule has 0 saturated heterocycles. The smallest absolute Gasteiger partial charge is 0.409 e. The zero-order valence-electron chi connectivity index (χ0n) is 11.1. The molecule has 0 aliphatic heterocycles. The Hall–Kier alpha value is -1.63. The summed E-state index contributed by atoms with van der Waals surface area (Å²) in [6, 6.07) is 0. The van der Waals surface area contributed by atoms with Gasteiger partial charge in [0.2, 0.25) is 5.91 Å². The zero-order chi connectivity index (χ0) is 13.8. The van der Waals surface area contributed by atoms with E-state index in [9.17, 15) is 9.59 Å². The van der Waals surface area contributed by atoms with Crippen molar-refractivity contribution >= 4 is 28.5 Å². The molecule has 1 aromatic heterocycles. The molecule has 1 aromatic rings. The predicted molar refractivity (Wildman–Crippen MR) is 72.4 cm³/mol. The normalized spacial score (nSPS) is 12.9. The van der Waals surface area contributed by atoms with E-state index in [2.05, 4.69) is 10.3 Å². The lowest BCUT2D eigenvalue weighted by molar-refractivity contribution is -0.116. The summed E-state index contributed by atoms with van der Waals surface area (Å²) in [4.78, 5) is 30.0. The first-order valence-electron chi connectivity index (χ1n) is 6.26. The minimum absolute atomic E-state index is 0.0386. The number of ether oxygens (including phenoxy) is 1. The zero-order valence-corrected chi connectivity index (χ0v) is 11.9. The SMILES string of the molecule is CCOC(=O)N(C)CC(=O)Nc1nc2c(s1)CCC2. The molecule has 0 saturated carbocycles. The number of amides is 2. The minimum atomic E-state index is -0.501. The van der Waals surface area contributed by atoms with E-state index in [-0.39, 0.29) is 12.5 Å². The van der Waals surface area contributed by atoms with E-state index in [1.165, 1.54) is 28.2 Å². The minimum Gasteiger partial charge on any atom is -0.450 e. The van der Waals surface area contributed by atoms with Gasteiger partial charge in [-0.1, -0.05) is 0 Å². The van der Waals surface area contributed by atoms with Crippen LogP contribution >= 0.6 is 11.3 Å². The topological polar surface area (TPSA) is 71.5 Å². The van der Waals surface area contributed by atoms with Crippen LogP contribution in [0.25, 0.3) is 0 Å². The fourth-order valence-electron chi connectivity index (χ4n) is 1.92. The summed E-state index contributed by atoms with van der Waals surface area (Å²) in [5, 5.41) is 3.34. The highest BCUT2D eigenvalue weighted by Gasteiger charge is 2.19. The van der Waals surface area contributed by atoms with Crippen molar-refractivity contribution < 1.29 is 14.3 Å². The van der Waals surface area contributed by atoms with Gasteiger partial charge in [0, 0.05) is 11.9 Å². The largest absolute Gasteiger partial charge is 0.450 e. The highest BCUT2D eigenvalue weighted by molar-refractivity contribution is 7.15. The molecule has 0 fully saturated rings. The number of likely N-dealkylation sites (N-methyl/N-ethyl adjacent to an activating group) is 1. The summed E-state index contributed by atoms with van der Waals surface area (Å²) in [6.45, 7) is 1.98. The first-order valence-corrected chi connectivity index (χ1v) is 7.08. The second kappa shape index (κ2) is 6.01. The van der Waals surface area contributed by atoms with Crippen LogP contribution in [0.2, 0.25) is 0 Å². The molecule has 0 atom stereocenters. The molecule has 0 bridgehead atoms. The highest BCUT2D eigenvalue weighted by Crippen LogP contribution is 2.30. The number of fused-ring (bicyclic) bond motifs is 1. The van der Waals surface area contributed by atoms with Gasteiger partial charge < -0.3 is 15.0 Å². The molecule has 19 heavy (non-hydrogen) atoms. The van der Waals surface area contributed by atoms with Crippen molar-refractivity contribution in [3.63, 3.8) is 0 Å². The van der Waals surface area contributed by atoms with E-state index < -0.39 is 6.09 Å². The van der Waals surface area contributed by atoms with Crippen LogP contribution in [0.1, 0.15) is 23.9 Å². The van der Waals surface area contributed by atoms with Crippen molar-refractivity contribution in [1.82, 2.24) is 9.88 Å². The second-order valence-corrected chi connectivity index (χ2v) is 5.43. The molecule has 1 aliphatic carbocycles. The molecular formula is C12H17N3O3S. The summed E-state index contributed by atoms with van der Waals surface area (Å²) in [5.74, 6) is -0.261. The third-order valence-electron chi connectivity index (χ3n) is 2.80. The predicted octanol–water partition coefficient (Wildman–Crippen LogP) is 1.66. The number of nitrogens with one attached hydrogen (secondary N) is 1. The lowest BCUT2D eigenvalue weighted by atomic mass is 10.4. The second-order valence-electron chi connectivity index (χ2n) is 4.35. The van der Waals surface area contributed by atoms with E-state index in [0.717, 1.165) is 25.0 Å². The first-order chi connectivity index (χ1) is 9.10. The number of aromatic nitrogens is 1. The number of anilines is 1. The Labute approximate surface area is 115 Å². The lowest BCUT2D eigenvalue weighted by Crippen LogP contribution is -2.35. The molecular weight excluding hydrogens is 266 g/mol. The van der Waals surface area contributed by atoms with Gasteiger partial charge in [0.25, 0.3) is 0 Å². The van der Waals surface area contributed by atoms with E-state index in [1.807, 2.05) is 0 Å². The average molecular weight is 283 g/mol. The number of aryl methyl sites for hydroxylation is 2. The molecule has 7 heteroatoms. The van der Waals surface area contributed by atoms with E-state index in [0.29, 0.717) is 11.7 Å². The van der Waals surface area contributed by atoms with Crippen molar-refractivity contribution in [1.29, 1.82) is 0 Å². The molecule has 1 N–H and O–H groups in total. The number of hydrogen-bond donors (Lipinski definition) is 1. The average Bonchev–Trinajstić information content (AvgIpc) is 2.89. The maximum atomic E-state index is 11.8. The Kier molecular flexibility index (Phi) is 4.36. The number of rotatable bonds is 4. The maximum Gasteiger partial charge on any atom is 0.409 e. The monoisotopic (exact) mass is 283 g/mol. The standard InChI is InChI=1S/C12H17N3O3S/c1-3-18-12(17)15(2)7-10(16)14-11-13-8-5-4-6-9(8)19-11/h3-7H2,1-2H3,(H,13,14,16). The molecule has 1 heterocycles. The maximum absolute atomic E-state index is 11.8. The van der Waals surface area contributed by atoms with Gasteiger partial charge in [0.15, 0.2) is 5.13 Å². The van der Waals surface area contributed by atoms with Gasteiger partial charge in [0.05, 0.1) is 12.3 Å². The Morgan fingerprint density at radius 1 is 1.47 bits per heavy atom. The Bertz CT molecular complexity index is 465. The van der Waals surface area contributed by atoms with Gasteiger partial charge in [-0.15, -0.1) is 11.3 Å². The van der Waals surface area contributed by atoms with Crippen molar-refractivity contribution in [3.8, 4) is 0 Å². The quantitative estimate of drug-likeness (QED) is 0.912. The molecule has 0 spiro atoms. The van der Waals surface area contributed by atoms with E-state index in [1.54, 1.807) is 6.92 Å². The summed E-state index contributed by atoms with van der Waals surface area (Å²) in [7, 11) is 1.53. The van der Waals surface area contributed by atoms with Crippen LogP contribution in [0.3, 0.4) is 0 Å². The molecule has 0 unspecified atom stereocenters. The third kappa shape index (κ3) is 3.44. The van der Waals surface area contributed by atoms with E-state index >= 15 is 0 Å². The number of thiazole rings is 1. The Balaban J connectivity index is 1.85. The van der Waals surface area contributed by atoms with Crippen LogP contribution in [0.5, 0.6) is 0 Å². The van der Waals surface area contributed by atoms with Crippen LogP contribution in [0, 0.1) is 0 Å². The molecule has 2 rings (SSSR count). The van der Waals surface area contributed by atoms with Crippen LogP contribution in [0.15, 0.2) is 0 Å². The van der Waals surface area contributed by atoms with Crippen LogP contribution < -0.4 is 5.32 Å². The van der Waals surface area contributed by atoms with Gasteiger partial charge in [-0.2, -0.15) is 0 Å². The van der Waals surface area contributed by atoms with Crippen molar-refractivity contribution in [2.24, 2.45) is 0 Å². The summed E-state index contributed by atoms with van der Waals surface area (Å²) >= 11 is 1.52. The summed E-state index contributed by atoms with van der Waals surface area (Å²) in [6.07, 6.45) is 2.68. The molecule has 0 radical (unpaired) electrons. The fraction of sp³-hybridized carbons (Fsp3) is 0.583. The molecule has 1 aliphatic rings. The summed E-state index contributed by atoms with van der Waals surface area (Å²) < 4.78 is 4.80. The number of carbonyl (C=O) groups is 2. The van der Waals surface area contributed by atoms with Crippen LogP contribution in [-0.2, 0) is 22.4 Å². The van der Waals surface area contributed by atoms with E-state index in [4.69, 9.17) is 4.74 Å². The van der Waals surface area contributed by atoms with Crippen LogP contribution in [0.4, 0.5) is 9.93 Å². The van der Waals surface area contributed by atoms with Crippen molar-refractivity contribution in [3.05, 3.63) is 10.6 Å². The molecule has 0 aromatic carbocycles. The Morgan fingerprint density at radius 3 is 2.95 bits per heavy atom. The highest BCUT2D eigenvalue weighted by atomic mass is 32.1. The lowest BCUT2D eigenvalue weighted by Gasteiger charge is -2.15. The van der Waals surface area contributed by atoms with Crippen LogP contribution in [-0.4, -0.2) is 42.1 Å². The van der Waals surface area contributed by atoms with Gasteiger partial charge in [-0.3, -0.25) is 4.79 Å². The number of carbonyl (C=O) groups excluding carboxylic acids is 2. The number of nitrogens with zero attached hydrogens (tertiary/aromatic N) is 2. The van der Waals surface area contributed by atoms with Gasteiger partial charge in [-0.25, -0.2) is 9.78 Å². The summed E-state index contributed by atoms with van der Waals surface area (Å²) in [5.41, 5.74) is 1.10. The first kappa shape index (κ1) is 13.8. The number of hydrogen-bond acceptors (Lipinski definition) is 5. The van der Waals surface area contributed by atoms with Crippen molar-refractivity contribution in [2.45, 2.75) is 26.2 Å². The Morgan fingerprint density at radius 2 is 2.26 bits per heavy atom. The molecule has 2 amide bonds. The third-order valence-corrected chi connectivity index (χ3v) is 3.88.